The van der Waals surface area contributed by atoms with Crippen molar-refractivity contribution < 1.29 is 14.3 Å². The van der Waals surface area contributed by atoms with E-state index in [1.807, 2.05) is 61.5 Å². The maximum absolute atomic E-state index is 12.9. The molecule has 0 saturated carbocycles. The van der Waals surface area contributed by atoms with Gasteiger partial charge in [0.05, 0.1) is 18.2 Å². The zero-order valence-electron chi connectivity index (χ0n) is 15.2. The Kier molecular flexibility index (Phi) is 6.14. The van der Waals surface area contributed by atoms with Crippen molar-refractivity contribution in [2.24, 2.45) is 0 Å². The largest absolute Gasteiger partial charge is 0.493 e. The van der Waals surface area contributed by atoms with Crippen LogP contribution in [-0.4, -0.2) is 19.6 Å². The number of rotatable bonds is 6. The number of methoxy groups -OCH3 is 1. The molecule has 0 heterocycles. The highest BCUT2D eigenvalue weighted by atomic mass is 79.9. The Balaban J connectivity index is 1.92. The van der Waals surface area contributed by atoms with E-state index in [4.69, 9.17) is 9.47 Å². The van der Waals surface area contributed by atoms with Crippen LogP contribution < -0.4 is 14.8 Å². The number of benzene rings is 3. The van der Waals surface area contributed by atoms with Crippen molar-refractivity contribution >= 4 is 27.5 Å². The normalized spacial score (nSPS) is 10.3. The molecule has 0 aliphatic carbocycles. The van der Waals surface area contributed by atoms with Crippen LogP contribution in [0.5, 0.6) is 11.5 Å². The van der Waals surface area contributed by atoms with Crippen LogP contribution in [-0.2, 0) is 0 Å². The summed E-state index contributed by atoms with van der Waals surface area (Å²) >= 11 is 3.46. The maximum atomic E-state index is 12.9. The molecule has 0 aliphatic rings. The SMILES string of the molecule is CCOc1c(Br)cc(C(=O)Nc2ccccc2-c2ccccc2)cc1OC. The lowest BCUT2D eigenvalue weighted by Gasteiger charge is -2.15. The minimum atomic E-state index is -0.222. The van der Waals surface area contributed by atoms with E-state index >= 15 is 0 Å². The highest BCUT2D eigenvalue weighted by Gasteiger charge is 2.16. The first kappa shape index (κ1) is 19.0. The van der Waals surface area contributed by atoms with Gasteiger partial charge in [-0.25, -0.2) is 0 Å². The van der Waals surface area contributed by atoms with Crippen molar-refractivity contribution in [3.63, 3.8) is 0 Å². The lowest BCUT2D eigenvalue weighted by Crippen LogP contribution is -2.13. The van der Waals surface area contributed by atoms with Crippen LogP contribution in [0.3, 0.4) is 0 Å². The first-order chi connectivity index (χ1) is 13.1. The third kappa shape index (κ3) is 4.31. The maximum Gasteiger partial charge on any atom is 0.255 e. The van der Waals surface area contributed by atoms with Gasteiger partial charge < -0.3 is 14.8 Å². The summed E-state index contributed by atoms with van der Waals surface area (Å²) in [6.07, 6.45) is 0. The predicted octanol–water partition coefficient (Wildman–Crippen LogP) is 5.78. The fourth-order valence-electron chi connectivity index (χ4n) is 2.79. The van der Waals surface area contributed by atoms with Crippen LogP contribution in [0.25, 0.3) is 11.1 Å². The fourth-order valence-corrected chi connectivity index (χ4v) is 3.35. The minimum absolute atomic E-state index is 0.222. The Labute approximate surface area is 167 Å². The fraction of sp³-hybridized carbons (Fsp3) is 0.136. The third-order valence-electron chi connectivity index (χ3n) is 4.04. The van der Waals surface area contributed by atoms with Crippen molar-refractivity contribution in [2.75, 3.05) is 19.0 Å². The van der Waals surface area contributed by atoms with E-state index in [-0.39, 0.29) is 5.91 Å². The van der Waals surface area contributed by atoms with Gasteiger partial charge in [0.25, 0.3) is 5.91 Å². The van der Waals surface area contributed by atoms with Gasteiger partial charge in [0.2, 0.25) is 0 Å². The molecular formula is C22H20BrNO3. The van der Waals surface area contributed by atoms with Crippen molar-refractivity contribution in [1.82, 2.24) is 0 Å². The molecule has 1 N–H and O–H groups in total. The highest BCUT2D eigenvalue weighted by Crippen LogP contribution is 2.37. The molecule has 1 amide bonds. The minimum Gasteiger partial charge on any atom is -0.493 e. The number of ether oxygens (including phenoxy) is 2. The van der Waals surface area contributed by atoms with Gasteiger partial charge in [-0.15, -0.1) is 0 Å². The van der Waals surface area contributed by atoms with Gasteiger partial charge in [0.15, 0.2) is 11.5 Å². The lowest BCUT2D eigenvalue weighted by atomic mass is 10.0. The summed E-state index contributed by atoms with van der Waals surface area (Å²) in [6, 6.07) is 21.1. The quantitative estimate of drug-likeness (QED) is 0.544. The molecule has 0 fully saturated rings. The van der Waals surface area contributed by atoms with E-state index in [2.05, 4.69) is 21.2 Å². The molecule has 0 spiro atoms. The summed E-state index contributed by atoms with van der Waals surface area (Å²) in [5.74, 6) is 0.870. The molecular weight excluding hydrogens is 406 g/mol. The molecule has 3 aromatic rings. The number of nitrogens with one attached hydrogen (secondary N) is 1. The zero-order chi connectivity index (χ0) is 19.2. The smallest absolute Gasteiger partial charge is 0.255 e. The van der Waals surface area contributed by atoms with Gasteiger partial charge >= 0.3 is 0 Å². The number of hydrogen-bond acceptors (Lipinski definition) is 3. The van der Waals surface area contributed by atoms with E-state index in [0.717, 1.165) is 16.8 Å². The standard InChI is InChI=1S/C22H20BrNO3/c1-3-27-21-18(23)13-16(14-20(21)26-2)22(25)24-19-12-8-7-11-17(19)15-9-5-4-6-10-15/h4-14H,3H2,1-2H3,(H,24,25). The van der Waals surface area contributed by atoms with Gasteiger partial charge in [0, 0.05) is 16.8 Å². The average molecular weight is 426 g/mol. The molecule has 138 valence electrons. The van der Waals surface area contributed by atoms with Gasteiger partial charge in [-0.1, -0.05) is 48.5 Å². The molecule has 5 heteroatoms. The number of hydrogen-bond donors (Lipinski definition) is 1. The second-order valence-electron chi connectivity index (χ2n) is 5.79. The summed E-state index contributed by atoms with van der Waals surface area (Å²) in [4.78, 5) is 12.9. The third-order valence-corrected chi connectivity index (χ3v) is 4.63. The first-order valence-corrected chi connectivity index (χ1v) is 9.39. The summed E-state index contributed by atoms with van der Waals surface area (Å²) < 4.78 is 11.6. The number of amides is 1. The Morgan fingerprint density at radius 3 is 2.44 bits per heavy atom. The molecule has 0 unspecified atom stereocenters. The van der Waals surface area contributed by atoms with Crippen LogP contribution in [0.2, 0.25) is 0 Å². The van der Waals surface area contributed by atoms with Gasteiger partial charge in [-0.05, 0) is 46.6 Å². The molecule has 0 radical (unpaired) electrons. The van der Waals surface area contributed by atoms with Crippen LogP contribution in [0, 0.1) is 0 Å². The molecule has 0 aromatic heterocycles. The summed E-state index contributed by atoms with van der Waals surface area (Å²) in [7, 11) is 1.55. The summed E-state index contributed by atoms with van der Waals surface area (Å²) in [5.41, 5.74) is 3.23. The van der Waals surface area contributed by atoms with E-state index < -0.39 is 0 Å². The van der Waals surface area contributed by atoms with E-state index in [9.17, 15) is 4.79 Å². The Hall–Kier alpha value is -2.79. The number of para-hydroxylation sites is 1. The van der Waals surface area contributed by atoms with Crippen molar-refractivity contribution in [2.45, 2.75) is 6.92 Å². The van der Waals surface area contributed by atoms with Crippen LogP contribution in [0.4, 0.5) is 5.69 Å². The molecule has 27 heavy (non-hydrogen) atoms. The van der Waals surface area contributed by atoms with Crippen LogP contribution in [0.15, 0.2) is 71.2 Å². The second-order valence-corrected chi connectivity index (χ2v) is 6.64. The summed E-state index contributed by atoms with van der Waals surface area (Å²) in [6.45, 7) is 2.40. The average Bonchev–Trinajstić information content (AvgIpc) is 2.70. The van der Waals surface area contributed by atoms with Gasteiger partial charge in [-0.2, -0.15) is 0 Å². The van der Waals surface area contributed by atoms with Gasteiger partial charge in [0.1, 0.15) is 0 Å². The molecule has 3 aromatic carbocycles. The van der Waals surface area contributed by atoms with E-state index in [1.54, 1.807) is 19.2 Å². The topological polar surface area (TPSA) is 47.6 Å². The molecule has 0 bridgehead atoms. The zero-order valence-corrected chi connectivity index (χ0v) is 16.7. The van der Waals surface area contributed by atoms with Gasteiger partial charge in [-0.3, -0.25) is 4.79 Å². The number of halogens is 1. The highest BCUT2D eigenvalue weighted by molar-refractivity contribution is 9.10. The number of anilines is 1. The number of carbonyl (C=O) groups excluding carboxylic acids is 1. The Morgan fingerprint density at radius 1 is 1.04 bits per heavy atom. The molecule has 0 aliphatic heterocycles. The number of carbonyl (C=O) groups is 1. The molecule has 0 saturated heterocycles. The summed E-state index contributed by atoms with van der Waals surface area (Å²) in [5, 5.41) is 3.00. The second kappa shape index (κ2) is 8.73. The van der Waals surface area contributed by atoms with Crippen molar-refractivity contribution in [3.05, 3.63) is 76.8 Å². The van der Waals surface area contributed by atoms with Crippen LogP contribution >= 0.6 is 15.9 Å². The van der Waals surface area contributed by atoms with Crippen molar-refractivity contribution in [1.29, 1.82) is 0 Å². The van der Waals surface area contributed by atoms with Crippen LogP contribution in [0.1, 0.15) is 17.3 Å². The monoisotopic (exact) mass is 425 g/mol. The Bertz CT molecular complexity index is 942. The first-order valence-electron chi connectivity index (χ1n) is 8.60. The molecule has 0 atom stereocenters. The van der Waals surface area contributed by atoms with E-state index in [1.165, 1.54) is 0 Å². The van der Waals surface area contributed by atoms with E-state index in [0.29, 0.717) is 28.1 Å². The Morgan fingerprint density at radius 2 is 1.74 bits per heavy atom. The predicted molar refractivity (Wildman–Crippen MR) is 112 cm³/mol. The lowest BCUT2D eigenvalue weighted by molar-refractivity contribution is 0.102. The van der Waals surface area contributed by atoms with Crippen molar-refractivity contribution in [3.8, 4) is 22.6 Å². The molecule has 3 rings (SSSR count). The molecule has 4 nitrogen and oxygen atoms in total.